The van der Waals surface area contributed by atoms with Crippen molar-refractivity contribution >= 4 is 5.91 Å². The van der Waals surface area contributed by atoms with Crippen molar-refractivity contribution in [2.24, 2.45) is 11.1 Å². The number of alkyl halides is 3. The summed E-state index contributed by atoms with van der Waals surface area (Å²) in [6.45, 7) is 2.85. The molecule has 1 aromatic rings. The average Bonchev–Trinajstić information content (AvgIpc) is 2.28. The minimum absolute atomic E-state index is 0.107. The SMILES string of the molecule is CC(C)(CNC(c1ccccc1)C(F)(F)F)C(N)=O. The Morgan fingerprint density at radius 2 is 1.79 bits per heavy atom. The Morgan fingerprint density at radius 3 is 2.21 bits per heavy atom. The van der Waals surface area contributed by atoms with Crippen molar-refractivity contribution in [3.05, 3.63) is 35.9 Å². The van der Waals surface area contributed by atoms with Crippen LogP contribution in [-0.4, -0.2) is 18.6 Å². The number of rotatable bonds is 5. The van der Waals surface area contributed by atoms with Crippen molar-refractivity contribution in [3.8, 4) is 0 Å². The van der Waals surface area contributed by atoms with E-state index < -0.39 is 23.5 Å². The smallest absolute Gasteiger partial charge is 0.369 e. The molecule has 0 radical (unpaired) electrons. The molecule has 0 saturated heterocycles. The highest BCUT2D eigenvalue weighted by molar-refractivity contribution is 5.80. The molecule has 1 atom stereocenters. The van der Waals surface area contributed by atoms with E-state index in [0.29, 0.717) is 0 Å². The summed E-state index contributed by atoms with van der Waals surface area (Å²) < 4.78 is 39.0. The lowest BCUT2D eigenvalue weighted by atomic mass is 9.92. The Kier molecular flexibility index (Phi) is 4.57. The van der Waals surface area contributed by atoms with Crippen molar-refractivity contribution < 1.29 is 18.0 Å². The molecule has 0 spiro atoms. The predicted octanol–water partition coefficient (Wildman–Crippen LogP) is 2.39. The van der Waals surface area contributed by atoms with Gasteiger partial charge in [-0.1, -0.05) is 30.3 Å². The fraction of sp³-hybridized carbons (Fsp3) is 0.462. The van der Waals surface area contributed by atoms with Gasteiger partial charge < -0.3 is 11.1 Å². The van der Waals surface area contributed by atoms with Crippen LogP contribution >= 0.6 is 0 Å². The van der Waals surface area contributed by atoms with E-state index in [1.807, 2.05) is 0 Å². The van der Waals surface area contributed by atoms with Gasteiger partial charge in [0.05, 0.1) is 5.41 Å². The molecule has 3 nitrogen and oxygen atoms in total. The first kappa shape index (κ1) is 15.5. The fourth-order valence-corrected chi connectivity index (χ4v) is 1.51. The van der Waals surface area contributed by atoms with Gasteiger partial charge in [0.2, 0.25) is 5.91 Å². The fourth-order valence-electron chi connectivity index (χ4n) is 1.51. The van der Waals surface area contributed by atoms with Gasteiger partial charge in [-0.3, -0.25) is 4.79 Å². The first-order valence-corrected chi connectivity index (χ1v) is 5.79. The van der Waals surface area contributed by atoms with Crippen LogP contribution in [0.5, 0.6) is 0 Å². The van der Waals surface area contributed by atoms with Crippen molar-refractivity contribution in [1.82, 2.24) is 5.32 Å². The van der Waals surface area contributed by atoms with E-state index in [2.05, 4.69) is 5.32 Å². The Balaban J connectivity index is 2.87. The lowest BCUT2D eigenvalue weighted by Gasteiger charge is -2.27. The zero-order chi connectivity index (χ0) is 14.7. The van der Waals surface area contributed by atoms with E-state index in [0.717, 1.165) is 0 Å². The minimum atomic E-state index is -4.44. The molecule has 0 aliphatic carbocycles. The maximum atomic E-state index is 13.0. The highest BCUT2D eigenvalue weighted by Gasteiger charge is 2.41. The van der Waals surface area contributed by atoms with Crippen LogP contribution in [0.4, 0.5) is 13.2 Å². The summed E-state index contributed by atoms with van der Waals surface area (Å²) >= 11 is 0. The second-order valence-corrected chi connectivity index (χ2v) is 5.01. The number of benzene rings is 1. The molecule has 106 valence electrons. The third-order valence-electron chi connectivity index (χ3n) is 2.88. The van der Waals surface area contributed by atoms with Crippen molar-refractivity contribution in [2.75, 3.05) is 6.54 Å². The number of nitrogens with two attached hydrogens (primary N) is 1. The second-order valence-electron chi connectivity index (χ2n) is 5.01. The molecule has 1 amide bonds. The maximum absolute atomic E-state index is 13.0. The van der Waals surface area contributed by atoms with Crippen LogP contribution in [0.1, 0.15) is 25.5 Å². The Hall–Kier alpha value is -1.56. The molecule has 0 heterocycles. The molecule has 1 unspecified atom stereocenters. The number of primary amides is 1. The van der Waals surface area contributed by atoms with E-state index in [4.69, 9.17) is 5.73 Å². The van der Waals surface area contributed by atoms with E-state index in [1.165, 1.54) is 38.1 Å². The number of hydrogen-bond acceptors (Lipinski definition) is 2. The summed E-state index contributed by atoms with van der Waals surface area (Å²) in [7, 11) is 0. The molecule has 19 heavy (non-hydrogen) atoms. The summed E-state index contributed by atoms with van der Waals surface area (Å²) in [5, 5.41) is 2.37. The molecular formula is C13H17F3N2O. The number of carbonyl (C=O) groups excluding carboxylic acids is 1. The van der Waals surface area contributed by atoms with E-state index in [-0.39, 0.29) is 12.1 Å². The monoisotopic (exact) mass is 274 g/mol. The van der Waals surface area contributed by atoms with Crippen LogP contribution in [0.2, 0.25) is 0 Å². The molecule has 3 N–H and O–H groups in total. The summed E-state index contributed by atoms with van der Waals surface area (Å²) in [4.78, 5) is 11.1. The van der Waals surface area contributed by atoms with Gasteiger partial charge in [0.15, 0.2) is 0 Å². The highest BCUT2D eigenvalue weighted by Crippen LogP contribution is 2.33. The maximum Gasteiger partial charge on any atom is 0.407 e. The van der Waals surface area contributed by atoms with Gasteiger partial charge in [-0.05, 0) is 19.4 Å². The van der Waals surface area contributed by atoms with Crippen molar-refractivity contribution in [2.45, 2.75) is 26.1 Å². The summed E-state index contributed by atoms with van der Waals surface area (Å²) in [6, 6.07) is 5.69. The first-order valence-electron chi connectivity index (χ1n) is 5.79. The lowest BCUT2D eigenvalue weighted by molar-refractivity contribution is -0.159. The topological polar surface area (TPSA) is 55.1 Å². The quantitative estimate of drug-likeness (QED) is 0.866. The predicted molar refractivity (Wildman–Crippen MR) is 66.2 cm³/mol. The minimum Gasteiger partial charge on any atom is -0.369 e. The molecule has 0 bridgehead atoms. The van der Waals surface area contributed by atoms with E-state index in [9.17, 15) is 18.0 Å². The third kappa shape index (κ3) is 4.24. The van der Waals surface area contributed by atoms with Gasteiger partial charge in [0, 0.05) is 6.54 Å². The second kappa shape index (κ2) is 5.61. The van der Waals surface area contributed by atoms with Gasteiger partial charge in [0.1, 0.15) is 6.04 Å². The normalized spacial score (nSPS) is 14.2. The molecule has 1 aromatic carbocycles. The Labute approximate surface area is 110 Å². The molecular weight excluding hydrogens is 257 g/mol. The van der Waals surface area contributed by atoms with Gasteiger partial charge in [-0.2, -0.15) is 13.2 Å². The van der Waals surface area contributed by atoms with Gasteiger partial charge >= 0.3 is 6.18 Å². The Bertz CT molecular complexity index is 429. The molecule has 0 saturated carbocycles. The van der Waals surface area contributed by atoms with Gasteiger partial charge in [-0.25, -0.2) is 0 Å². The van der Waals surface area contributed by atoms with Crippen molar-refractivity contribution in [3.63, 3.8) is 0 Å². The van der Waals surface area contributed by atoms with E-state index >= 15 is 0 Å². The molecule has 1 rings (SSSR count). The molecule has 6 heteroatoms. The van der Waals surface area contributed by atoms with Crippen LogP contribution in [0.25, 0.3) is 0 Å². The van der Waals surface area contributed by atoms with Gasteiger partial charge in [-0.15, -0.1) is 0 Å². The number of hydrogen-bond donors (Lipinski definition) is 2. The zero-order valence-electron chi connectivity index (χ0n) is 10.8. The average molecular weight is 274 g/mol. The number of carbonyl (C=O) groups is 1. The largest absolute Gasteiger partial charge is 0.407 e. The first-order chi connectivity index (χ1) is 8.64. The zero-order valence-corrected chi connectivity index (χ0v) is 10.8. The molecule has 0 aromatic heterocycles. The molecule has 0 aliphatic rings. The third-order valence-corrected chi connectivity index (χ3v) is 2.88. The molecule has 0 aliphatic heterocycles. The summed E-state index contributed by atoms with van der Waals surface area (Å²) in [6.07, 6.45) is -4.44. The van der Waals surface area contributed by atoms with Crippen molar-refractivity contribution in [1.29, 1.82) is 0 Å². The van der Waals surface area contributed by atoms with E-state index in [1.54, 1.807) is 6.07 Å². The number of halogens is 3. The highest BCUT2D eigenvalue weighted by atomic mass is 19.4. The van der Waals surface area contributed by atoms with Crippen LogP contribution < -0.4 is 11.1 Å². The van der Waals surface area contributed by atoms with Gasteiger partial charge in [0.25, 0.3) is 0 Å². The standard InChI is InChI=1S/C13H17F3N2O/c1-12(2,11(17)19)8-18-10(13(14,15)16)9-6-4-3-5-7-9/h3-7,10,18H,8H2,1-2H3,(H2,17,19). The van der Waals surface area contributed by atoms with Crippen LogP contribution in [-0.2, 0) is 4.79 Å². The van der Waals surface area contributed by atoms with Crippen LogP contribution in [0, 0.1) is 5.41 Å². The molecule has 0 fully saturated rings. The lowest BCUT2D eigenvalue weighted by Crippen LogP contribution is -2.44. The Morgan fingerprint density at radius 1 is 1.26 bits per heavy atom. The van der Waals surface area contributed by atoms with Crippen LogP contribution in [0.3, 0.4) is 0 Å². The summed E-state index contributed by atoms with van der Waals surface area (Å²) in [5.41, 5.74) is 4.21. The summed E-state index contributed by atoms with van der Waals surface area (Å²) in [5.74, 6) is -0.644. The number of nitrogens with one attached hydrogen (secondary N) is 1. The van der Waals surface area contributed by atoms with Crippen LogP contribution in [0.15, 0.2) is 30.3 Å². The number of amides is 1.